The number of nitrogens with zero attached hydrogens (tertiary/aromatic N) is 1. The number of nitro benzene ring substituents is 1. The lowest BCUT2D eigenvalue weighted by Gasteiger charge is -2.31. The van der Waals surface area contributed by atoms with Crippen LogP contribution in [-0.4, -0.2) is 23.2 Å². The number of carbonyl (C=O) groups excluding carboxylic acids is 1. The summed E-state index contributed by atoms with van der Waals surface area (Å²) in [6.07, 6.45) is -19.2. The minimum Gasteiger partial charge on any atom is -0.366 e. The molecular formula is C17H7BrF10N2O3. The predicted molar refractivity (Wildman–Crippen MR) is 94.6 cm³/mol. The first-order chi connectivity index (χ1) is 14.7. The maximum absolute atomic E-state index is 14.4. The van der Waals surface area contributed by atoms with Gasteiger partial charge in [0, 0.05) is 21.7 Å². The number of nitro groups is 1. The lowest BCUT2D eigenvalue weighted by Crippen LogP contribution is -2.50. The molecule has 0 radical (unpaired) electrons. The van der Waals surface area contributed by atoms with E-state index in [1.165, 1.54) is 0 Å². The summed E-state index contributed by atoms with van der Waals surface area (Å²) in [7, 11) is 0. The number of primary amides is 1. The highest BCUT2D eigenvalue weighted by molar-refractivity contribution is 9.10. The SMILES string of the molecule is NC(=O)c1cccc([N+](=O)[O-])c1-c1c(Br)cc(C(F)(C(F)(F)F)C(F)(F)F)cc1C(F)(F)F. The Morgan fingerprint density at radius 2 is 1.42 bits per heavy atom. The van der Waals surface area contributed by atoms with Crippen molar-refractivity contribution < 1.29 is 53.6 Å². The van der Waals surface area contributed by atoms with Crippen molar-refractivity contribution in [3.8, 4) is 11.1 Å². The molecule has 0 spiro atoms. The number of rotatable bonds is 4. The van der Waals surface area contributed by atoms with E-state index in [1.807, 2.05) is 0 Å². The van der Waals surface area contributed by atoms with Crippen LogP contribution in [0.4, 0.5) is 49.6 Å². The smallest absolute Gasteiger partial charge is 0.366 e. The van der Waals surface area contributed by atoms with E-state index in [0.717, 1.165) is 12.1 Å². The summed E-state index contributed by atoms with van der Waals surface area (Å²) in [6, 6.07) is 1.19. The Balaban J connectivity index is 3.12. The normalized spacial score (nSPS) is 13.2. The van der Waals surface area contributed by atoms with Crippen LogP contribution in [0.15, 0.2) is 34.8 Å². The van der Waals surface area contributed by atoms with Gasteiger partial charge in [-0.1, -0.05) is 22.0 Å². The van der Waals surface area contributed by atoms with Crippen molar-refractivity contribution in [2.24, 2.45) is 5.73 Å². The lowest BCUT2D eigenvalue weighted by molar-refractivity contribution is -0.384. The van der Waals surface area contributed by atoms with Gasteiger partial charge in [-0.3, -0.25) is 14.9 Å². The summed E-state index contributed by atoms with van der Waals surface area (Å²) in [6.45, 7) is 0. The number of nitrogens with two attached hydrogens (primary N) is 1. The van der Waals surface area contributed by atoms with Gasteiger partial charge in [-0.2, -0.15) is 39.5 Å². The van der Waals surface area contributed by atoms with Crippen LogP contribution in [0.3, 0.4) is 0 Å². The molecule has 0 aliphatic rings. The highest BCUT2D eigenvalue weighted by Crippen LogP contribution is 2.56. The van der Waals surface area contributed by atoms with Crippen LogP contribution in [0.1, 0.15) is 21.5 Å². The fraction of sp³-hybridized carbons (Fsp3) is 0.235. The molecule has 0 heterocycles. The van der Waals surface area contributed by atoms with Crippen molar-refractivity contribution in [2.45, 2.75) is 24.2 Å². The number of hydrogen-bond acceptors (Lipinski definition) is 3. The first-order valence-electron chi connectivity index (χ1n) is 8.06. The van der Waals surface area contributed by atoms with Crippen LogP contribution in [-0.2, 0) is 11.8 Å². The van der Waals surface area contributed by atoms with Crippen molar-refractivity contribution >= 4 is 27.5 Å². The molecule has 180 valence electrons. The standard InChI is InChI=1S/C17H7BrF10N2O3/c18-9-5-6(14(19,16(23,24)25)17(26,27)28)4-8(15(20,21)22)12(9)11-7(13(29)31)2-1-3-10(11)30(32)33/h1-5H,(H2,29,31). The number of alkyl halides is 10. The van der Waals surface area contributed by atoms with Gasteiger partial charge in [0.25, 0.3) is 5.69 Å². The number of benzene rings is 2. The molecule has 0 bridgehead atoms. The molecule has 0 fully saturated rings. The van der Waals surface area contributed by atoms with Crippen molar-refractivity contribution in [1.82, 2.24) is 0 Å². The van der Waals surface area contributed by atoms with E-state index in [-0.39, 0.29) is 6.07 Å². The van der Waals surface area contributed by atoms with Gasteiger partial charge in [0.05, 0.1) is 21.6 Å². The second kappa shape index (κ2) is 8.14. The molecule has 2 aromatic carbocycles. The number of halogens is 11. The summed E-state index contributed by atoms with van der Waals surface area (Å²) < 4.78 is 133. The lowest BCUT2D eigenvalue weighted by atomic mass is 9.87. The molecule has 2 N–H and O–H groups in total. The quantitative estimate of drug-likeness (QED) is 0.267. The van der Waals surface area contributed by atoms with Crippen LogP contribution in [0, 0.1) is 10.1 Å². The molecule has 2 rings (SSSR count). The van der Waals surface area contributed by atoms with Gasteiger partial charge >= 0.3 is 24.2 Å². The number of hydrogen-bond donors (Lipinski definition) is 1. The maximum Gasteiger partial charge on any atom is 0.435 e. The van der Waals surface area contributed by atoms with Crippen LogP contribution in [0.25, 0.3) is 11.1 Å². The Hall–Kier alpha value is -2.91. The summed E-state index contributed by atoms with van der Waals surface area (Å²) in [5, 5.41) is 11.3. The third-order valence-corrected chi connectivity index (χ3v) is 4.95. The Bertz CT molecular complexity index is 1080. The van der Waals surface area contributed by atoms with Gasteiger partial charge < -0.3 is 5.73 Å². The Kier molecular flexibility index (Phi) is 6.50. The van der Waals surface area contributed by atoms with Crippen molar-refractivity contribution in [3.05, 3.63) is 61.6 Å². The van der Waals surface area contributed by atoms with Crippen LogP contribution in [0.2, 0.25) is 0 Å². The van der Waals surface area contributed by atoms with Crippen LogP contribution < -0.4 is 5.73 Å². The van der Waals surface area contributed by atoms with Crippen molar-refractivity contribution in [1.29, 1.82) is 0 Å². The van der Waals surface area contributed by atoms with Gasteiger partial charge in [-0.05, 0) is 18.2 Å². The first-order valence-corrected chi connectivity index (χ1v) is 8.85. The molecule has 5 nitrogen and oxygen atoms in total. The molecule has 0 aliphatic carbocycles. The van der Waals surface area contributed by atoms with Crippen LogP contribution in [0.5, 0.6) is 0 Å². The van der Waals surface area contributed by atoms with E-state index >= 15 is 0 Å². The second-order valence-corrected chi connectivity index (χ2v) is 7.21. The monoisotopic (exact) mass is 556 g/mol. The summed E-state index contributed by atoms with van der Waals surface area (Å²) in [5.41, 5.74) is -10.6. The third kappa shape index (κ3) is 4.47. The maximum atomic E-state index is 14.4. The molecule has 0 aromatic heterocycles. The van der Waals surface area contributed by atoms with E-state index in [0.29, 0.717) is 6.07 Å². The first kappa shape index (κ1) is 26.3. The Morgan fingerprint density at radius 3 is 1.82 bits per heavy atom. The van der Waals surface area contributed by atoms with E-state index in [2.05, 4.69) is 15.9 Å². The van der Waals surface area contributed by atoms with Gasteiger partial charge in [-0.25, -0.2) is 4.39 Å². The molecular weight excluding hydrogens is 550 g/mol. The van der Waals surface area contributed by atoms with Gasteiger partial charge in [0.15, 0.2) is 0 Å². The van der Waals surface area contributed by atoms with Crippen molar-refractivity contribution in [3.63, 3.8) is 0 Å². The fourth-order valence-corrected chi connectivity index (χ4v) is 3.59. The zero-order valence-electron chi connectivity index (χ0n) is 15.3. The molecule has 2 aromatic rings. The summed E-state index contributed by atoms with van der Waals surface area (Å²) in [4.78, 5) is 21.8. The fourth-order valence-electron chi connectivity index (χ4n) is 2.93. The molecule has 0 saturated heterocycles. The minimum absolute atomic E-state index is 0.257. The topological polar surface area (TPSA) is 86.2 Å². The Labute approximate surface area is 184 Å². The Morgan fingerprint density at radius 1 is 0.909 bits per heavy atom. The third-order valence-electron chi connectivity index (χ3n) is 4.33. The minimum atomic E-state index is -6.73. The van der Waals surface area contributed by atoms with E-state index in [9.17, 15) is 58.8 Å². The van der Waals surface area contributed by atoms with E-state index in [4.69, 9.17) is 5.73 Å². The van der Waals surface area contributed by atoms with Crippen LogP contribution >= 0.6 is 15.9 Å². The van der Waals surface area contributed by atoms with E-state index in [1.54, 1.807) is 0 Å². The average molecular weight is 557 g/mol. The van der Waals surface area contributed by atoms with Gasteiger partial charge in [0.1, 0.15) is 0 Å². The summed E-state index contributed by atoms with van der Waals surface area (Å²) >= 11 is 2.34. The second-order valence-electron chi connectivity index (χ2n) is 6.35. The molecule has 0 atom stereocenters. The zero-order chi connectivity index (χ0) is 25.7. The van der Waals surface area contributed by atoms with Gasteiger partial charge in [0.2, 0.25) is 5.91 Å². The zero-order valence-corrected chi connectivity index (χ0v) is 16.9. The van der Waals surface area contributed by atoms with E-state index < -0.39 is 79.1 Å². The molecule has 0 unspecified atom stereocenters. The summed E-state index contributed by atoms with van der Waals surface area (Å²) in [5.74, 6) is -1.50. The number of carbonyl (C=O) groups is 1. The highest BCUT2D eigenvalue weighted by Gasteiger charge is 2.73. The molecule has 1 amide bonds. The van der Waals surface area contributed by atoms with Crippen molar-refractivity contribution in [2.75, 3.05) is 0 Å². The van der Waals surface area contributed by atoms with Gasteiger partial charge in [-0.15, -0.1) is 0 Å². The molecule has 0 saturated carbocycles. The predicted octanol–water partition coefficient (Wildman–Crippen LogP) is 6.43. The molecule has 0 aliphatic heterocycles. The average Bonchev–Trinajstić information content (AvgIpc) is 2.63. The molecule has 16 heteroatoms. The molecule has 33 heavy (non-hydrogen) atoms. The number of amides is 1. The largest absolute Gasteiger partial charge is 0.435 e. The highest BCUT2D eigenvalue weighted by atomic mass is 79.9.